The Balaban J connectivity index is 2.32. The summed E-state index contributed by atoms with van der Waals surface area (Å²) in [6, 6.07) is 0. The fraction of sp³-hybridized carbons (Fsp3) is 0.667. The Morgan fingerprint density at radius 1 is 1.80 bits per heavy atom. The maximum absolute atomic E-state index is 3.86. The van der Waals surface area contributed by atoms with Gasteiger partial charge in [-0.2, -0.15) is 0 Å². The van der Waals surface area contributed by atoms with Crippen LogP contribution in [0.15, 0.2) is 4.99 Å². The summed E-state index contributed by atoms with van der Waals surface area (Å²) in [5, 5.41) is 4.19. The van der Waals surface area contributed by atoms with Crippen LogP contribution < -0.4 is 0 Å². The van der Waals surface area contributed by atoms with Gasteiger partial charge in [0.15, 0.2) is 0 Å². The first-order chi connectivity index (χ1) is 2.50. The summed E-state index contributed by atoms with van der Waals surface area (Å²) in [6.07, 6.45) is 0. The summed E-state index contributed by atoms with van der Waals surface area (Å²) < 4.78 is 0. The van der Waals surface area contributed by atoms with E-state index in [9.17, 15) is 0 Å². The van der Waals surface area contributed by atoms with Crippen LogP contribution in [0.25, 0.3) is 0 Å². The van der Waals surface area contributed by atoms with E-state index in [1.165, 1.54) is 5.32 Å². The molecule has 2 heteroatoms. The first-order valence-corrected chi connectivity index (χ1v) is 3.60. The van der Waals surface area contributed by atoms with Crippen molar-refractivity contribution in [2.75, 3.05) is 6.54 Å². The Bertz CT molecular complexity index is 44.9. The van der Waals surface area contributed by atoms with Crippen LogP contribution in [-0.2, 0) is 0 Å². The maximum atomic E-state index is 3.86. The Morgan fingerprint density at radius 3 is 3.00 bits per heavy atom. The van der Waals surface area contributed by atoms with Gasteiger partial charge < -0.3 is 0 Å². The molecular weight excluding hydrogens is 129 g/mol. The molecule has 0 atom stereocenters. The second-order valence-corrected chi connectivity index (χ2v) is 2.67. The van der Waals surface area contributed by atoms with E-state index in [4.69, 9.17) is 0 Å². The third-order valence-electron chi connectivity index (χ3n) is 0.434. The quantitative estimate of drug-likeness (QED) is 0.413. The van der Waals surface area contributed by atoms with Gasteiger partial charge >= 0.3 is 36.9 Å². The average Bonchev–Trinajstić information content (AvgIpc) is 1.76. The molecule has 0 aliphatic carbocycles. The summed E-state index contributed by atoms with van der Waals surface area (Å²) in [5.74, 6) is 0. The topological polar surface area (TPSA) is 12.4 Å². The second kappa shape index (κ2) is 1.58. The zero-order valence-corrected chi connectivity index (χ0v) is 4.48. The summed E-state index contributed by atoms with van der Waals surface area (Å²) >= 11 is 0.653. The van der Waals surface area contributed by atoms with Gasteiger partial charge in [0.05, 0.1) is 0 Å². The van der Waals surface area contributed by atoms with Crippen LogP contribution >= 0.6 is 0 Å². The number of hydrogen-bond acceptors (Lipinski definition) is 1. The standard InChI is InChI=1S/C3H4NSe/c1-2-5-3-4-1/h1-2H2. The summed E-state index contributed by atoms with van der Waals surface area (Å²) in [7, 11) is 0. The zero-order chi connectivity index (χ0) is 3.54. The van der Waals surface area contributed by atoms with Crippen molar-refractivity contribution in [3.05, 3.63) is 0 Å². The Labute approximate surface area is 37.6 Å². The first kappa shape index (κ1) is 3.38. The predicted molar refractivity (Wildman–Crippen MR) is 22.9 cm³/mol. The van der Waals surface area contributed by atoms with E-state index >= 15 is 0 Å². The summed E-state index contributed by atoms with van der Waals surface area (Å²) in [6.45, 7) is 1.04. The summed E-state index contributed by atoms with van der Waals surface area (Å²) in [5.41, 5.74) is 0. The molecule has 1 rings (SSSR count). The van der Waals surface area contributed by atoms with Gasteiger partial charge in [0.2, 0.25) is 0 Å². The van der Waals surface area contributed by atoms with Crippen molar-refractivity contribution in [2.45, 2.75) is 5.32 Å². The molecule has 1 heterocycles. The van der Waals surface area contributed by atoms with Crippen LogP contribution in [0.5, 0.6) is 0 Å². The molecule has 0 aromatic rings. The molecule has 0 fully saturated rings. The van der Waals surface area contributed by atoms with Gasteiger partial charge in [-0.05, 0) is 0 Å². The zero-order valence-electron chi connectivity index (χ0n) is 2.77. The van der Waals surface area contributed by atoms with Crippen LogP contribution in [0.2, 0.25) is 5.32 Å². The van der Waals surface area contributed by atoms with Crippen molar-refractivity contribution < 1.29 is 0 Å². The molecule has 0 saturated heterocycles. The normalized spacial score (nSPS) is 20.8. The molecule has 0 unspecified atom stereocenters. The predicted octanol–water partition coefficient (Wildman–Crippen LogP) is 0.0278. The van der Waals surface area contributed by atoms with E-state index in [0.29, 0.717) is 15.0 Å². The van der Waals surface area contributed by atoms with Crippen molar-refractivity contribution in [1.29, 1.82) is 0 Å². The van der Waals surface area contributed by atoms with Crippen molar-refractivity contribution in [3.8, 4) is 0 Å². The molecule has 0 saturated carbocycles. The van der Waals surface area contributed by atoms with Crippen LogP contribution in [0.3, 0.4) is 0 Å². The molecule has 0 bridgehead atoms. The molecule has 1 nitrogen and oxygen atoms in total. The molecule has 0 aromatic carbocycles. The van der Waals surface area contributed by atoms with Crippen molar-refractivity contribution in [2.24, 2.45) is 4.99 Å². The van der Waals surface area contributed by atoms with Gasteiger partial charge in [-0.1, -0.05) is 0 Å². The van der Waals surface area contributed by atoms with E-state index < -0.39 is 0 Å². The minimum atomic E-state index is 0.653. The molecule has 0 spiro atoms. The molecular formula is C3H4NSe. The van der Waals surface area contributed by atoms with E-state index in [-0.39, 0.29) is 0 Å². The van der Waals surface area contributed by atoms with Crippen LogP contribution in [0.1, 0.15) is 0 Å². The van der Waals surface area contributed by atoms with Crippen LogP contribution in [0.4, 0.5) is 0 Å². The van der Waals surface area contributed by atoms with Crippen molar-refractivity contribution in [1.82, 2.24) is 0 Å². The van der Waals surface area contributed by atoms with E-state index in [1.807, 2.05) is 0 Å². The molecule has 0 N–H and O–H groups in total. The number of hydrogen-bond donors (Lipinski definition) is 0. The molecule has 1 aliphatic heterocycles. The fourth-order valence-electron chi connectivity index (χ4n) is 0.228. The van der Waals surface area contributed by atoms with Gasteiger partial charge in [-0.15, -0.1) is 0 Å². The fourth-order valence-corrected chi connectivity index (χ4v) is 1.19. The van der Waals surface area contributed by atoms with Crippen LogP contribution in [0, 0.1) is 0 Å². The van der Waals surface area contributed by atoms with Gasteiger partial charge in [0.1, 0.15) is 0 Å². The molecule has 0 aromatic heterocycles. The SMILES string of the molecule is [C]1=NCC[Se]1. The van der Waals surface area contributed by atoms with Gasteiger partial charge in [-0.25, -0.2) is 0 Å². The number of aliphatic imine (C=N–C) groups is 1. The Kier molecular flexibility index (Phi) is 1.07. The molecule has 5 heavy (non-hydrogen) atoms. The van der Waals surface area contributed by atoms with Crippen molar-refractivity contribution in [3.63, 3.8) is 0 Å². The van der Waals surface area contributed by atoms with Gasteiger partial charge in [0, 0.05) is 0 Å². The third kappa shape index (κ3) is 0.746. The third-order valence-corrected chi connectivity index (χ3v) is 1.79. The van der Waals surface area contributed by atoms with Crippen LogP contribution in [-0.4, -0.2) is 26.6 Å². The molecule has 27 valence electrons. The van der Waals surface area contributed by atoms with E-state index in [2.05, 4.69) is 10.1 Å². The Hall–Kier alpha value is 0.189. The number of rotatable bonds is 0. The molecule has 1 aliphatic rings. The van der Waals surface area contributed by atoms with Gasteiger partial charge in [0.25, 0.3) is 0 Å². The average molecular weight is 133 g/mol. The van der Waals surface area contributed by atoms with Gasteiger partial charge in [-0.3, -0.25) is 0 Å². The minimum absolute atomic E-state index is 0.653. The molecule has 0 amide bonds. The first-order valence-electron chi connectivity index (χ1n) is 1.53. The second-order valence-electron chi connectivity index (χ2n) is 0.821. The van der Waals surface area contributed by atoms with Crippen molar-refractivity contribution >= 4 is 20.1 Å². The van der Waals surface area contributed by atoms with E-state index in [1.54, 1.807) is 0 Å². The number of nitrogens with zero attached hydrogens (tertiary/aromatic N) is 1. The Morgan fingerprint density at radius 2 is 2.80 bits per heavy atom. The molecule has 1 radical (unpaired) electrons. The summed E-state index contributed by atoms with van der Waals surface area (Å²) in [4.78, 5) is 3.86. The van der Waals surface area contributed by atoms with E-state index in [0.717, 1.165) is 6.54 Å². The monoisotopic (exact) mass is 134 g/mol.